The molecule has 2 bridgehead atoms. The predicted molar refractivity (Wildman–Crippen MR) is 70.4 cm³/mol. The van der Waals surface area contributed by atoms with Crippen LogP contribution in [-0.2, 0) is 14.3 Å². The Morgan fingerprint density at radius 3 is 2.00 bits per heavy atom. The van der Waals surface area contributed by atoms with E-state index in [1.807, 2.05) is 12.2 Å². The van der Waals surface area contributed by atoms with Crippen molar-refractivity contribution in [2.24, 2.45) is 11.8 Å². The first-order chi connectivity index (χ1) is 10.1. The molecule has 21 heavy (non-hydrogen) atoms. The summed E-state index contributed by atoms with van der Waals surface area (Å²) in [5, 5.41) is 10.6. The SMILES string of the molecule is O=C1C2C3C=CC(O3)C2C(=O)N1c1ccc([N+](=O)[O-])cc1. The fraction of sp³-hybridized carbons (Fsp3) is 0.286. The van der Waals surface area contributed by atoms with E-state index in [1.165, 1.54) is 24.3 Å². The second-order valence-electron chi connectivity index (χ2n) is 5.29. The summed E-state index contributed by atoms with van der Waals surface area (Å²) in [6.45, 7) is 0. The van der Waals surface area contributed by atoms with Gasteiger partial charge in [0.1, 0.15) is 0 Å². The summed E-state index contributed by atoms with van der Waals surface area (Å²) in [7, 11) is 0. The van der Waals surface area contributed by atoms with Crippen LogP contribution in [0.3, 0.4) is 0 Å². The number of carbonyl (C=O) groups excluding carboxylic acids is 2. The maximum absolute atomic E-state index is 12.5. The second kappa shape index (κ2) is 3.98. The van der Waals surface area contributed by atoms with Gasteiger partial charge in [0.05, 0.1) is 34.7 Å². The minimum atomic E-state index is -0.524. The summed E-state index contributed by atoms with van der Waals surface area (Å²) >= 11 is 0. The van der Waals surface area contributed by atoms with Crippen LogP contribution in [0.25, 0.3) is 0 Å². The first kappa shape index (κ1) is 12.2. The van der Waals surface area contributed by atoms with Gasteiger partial charge < -0.3 is 4.74 Å². The molecule has 2 saturated heterocycles. The van der Waals surface area contributed by atoms with Crippen LogP contribution >= 0.6 is 0 Å². The lowest BCUT2D eigenvalue weighted by molar-refractivity contribution is -0.384. The van der Waals surface area contributed by atoms with Crippen LogP contribution in [0, 0.1) is 22.0 Å². The van der Waals surface area contributed by atoms with Crippen molar-refractivity contribution in [3.8, 4) is 0 Å². The van der Waals surface area contributed by atoms with Crippen LogP contribution in [0.1, 0.15) is 0 Å². The van der Waals surface area contributed by atoms with Crippen molar-refractivity contribution < 1.29 is 19.2 Å². The van der Waals surface area contributed by atoms with Crippen LogP contribution in [-0.4, -0.2) is 28.9 Å². The minimum Gasteiger partial charge on any atom is -0.365 e. The number of hydrogen-bond acceptors (Lipinski definition) is 5. The first-order valence-electron chi connectivity index (χ1n) is 6.54. The maximum atomic E-state index is 12.5. The largest absolute Gasteiger partial charge is 0.365 e. The Labute approximate surface area is 118 Å². The topological polar surface area (TPSA) is 89.8 Å². The molecule has 1 aromatic rings. The second-order valence-corrected chi connectivity index (χ2v) is 5.29. The number of amides is 2. The lowest BCUT2D eigenvalue weighted by atomic mass is 9.85. The Balaban J connectivity index is 1.69. The number of anilines is 1. The summed E-state index contributed by atoms with van der Waals surface area (Å²) in [6.07, 6.45) is 2.96. The highest BCUT2D eigenvalue weighted by atomic mass is 16.6. The van der Waals surface area contributed by atoms with E-state index in [0.717, 1.165) is 4.90 Å². The number of carbonyl (C=O) groups is 2. The molecule has 7 heteroatoms. The highest BCUT2D eigenvalue weighted by molar-refractivity contribution is 6.23. The van der Waals surface area contributed by atoms with Crippen molar-refractivity contribution >= 4 is 23.2 Å². The number of imide groups is 1. The molecule has 3 aliphatic heterocycles. The van der Waals surface area contributed by atoms with E-state index in [2.05, 4.69) is 0 Å². The van der Waals surface area contributed by atoms with E-state index >= 15 is 0 Å². The van der Waals surface area contributed by atoms with Crippen molar-refractivity contribution in [1.82, 2.24) is 0 Å². The van der Waals surface area contributed by atoms with Crippen molar-refractivity contribution in [3.05, 3.63) is 46.5 Å². The molecule has 106 valence electrons. The molecular weight excluding hydrogens is 276 g/mol. The number of benzene rings is 1. The molecule has 4 unspecified atom stereocenters. The first-order valence-corrected chi connectivity index (χ1v) is 6.54. The van der Waals surface area contributed by atoms with Gasteiger partial charge in [-0.15, -0.1) is 0 Å². The van der Waals surface area contributed by atoms with Gasteiger partial charge in [0.25, 0.3) is 5.69 Å². The van der Waals surface area contributed by atoms with Gasteiger partial charge in [-0.3, -0.25) is 19.7 Å². The van der Waals surface area contributed by atoms with Crippen molar-refractivity contribution in [1.29, 1.82) is 0 Å². The predicted octanol–water partition coefficient (Wildman–Crippen LogP) is 1.04. The molecule has 3 heterocycles. The zero-order valence-corrected chi connectivity index (χ0v) is 10.7. The molecule has 2 amide bonds. The monoisotopic (exact) mass is 286 g/mol. The van der Waals surface area contributed by atoms with E-state index in [9.17, 15) is 19.7 Å². The number of nitrogens with zero attached hydrogens (tertiary/aromatic N) is 2. The van der Waals surface area contributed by atoms with Crippen molar-refractivity contribution in [3.63, 3.8) is 0 Å². The third kappa shape index (κ3) is 1.52. The minimum absolute atomic E-state index is 0.0805. The van der Waals surface area contributed by atoms with E-state index in [-0.39, 0.29) is 29.7 Å². The number of ether oxygens (including phenoxy) is 1. The molecule has 1 aromatic carbocycles. The van der Waals surface area contributed by atoms with Gasteiger partial charge in [-0.05, 0) is 12.1 Å². The van der Waals surface area contributed by atoms with Gasteiger partial charge in [0.2, 0.25) is 11.8 Å². The fourth-order valence-corrected chi connectivity index (χ4v) is 3.28. The third-order valence-electron chi connectivity index (χ3n) is 4.23. The number of hydrogen-bond donors (Lipinski definition) is 0. The zero-order valence-electron chi connectivity index (χ0n) is 10.7. The summed E-state index contributed by atoms with van der Waals surface area (Å²) in [4.78, 5) is 36.2. The van der Waals surface area contributed by atoms with Crippen LogP contribution in [0.5, 0.6) is 0 Å². The summed E-state index contributed by atoms with van der Waals surface area (Å²) in [6, 6.07) is 5.41. The van der Waals surface area contributed by atoms with Crippen LogP contribution in [0.15, 0.2) is 36.4 Å². The molecule has 4 rings (SSSR count). The Bertz CT molecular complexity index is 666. The number of fused-ring (bicyclic) bond motifs is 5. The summed E-state index contributed by atoms with van der Waals surface area (Å²) in [5.41, 5.74) is 0.285. The molecule has 3 aliphatic rings. The van der Waals surface area contributed by atoms with Crippen LogP contribution in [0.2, 0.25) is 0 Å². The van der Waals surface area contributed by atoms with E-state index in [4.69, 9.17) is 4.74 Å². The standard InChI is InChI=1S/C14H10N2O5/c17-13-11-9-5-6-10(21-9)12(11)14(18)15(13)7-1-3-8(4-2-7)16(19)20/h1-6,9-12H. The average molecular weight is 286 g/mol. The van der Waals surface area contributed by atoms with Gasteiger partial charge >= 0.3 is 0 Å². The van der Waals surface area contributed by atoms with Crippen molar-refractivity contribution in [2.45, 2.75) is 12.2 Å². The van der Waals surface area contributed by atoms with Gasteiger partial charge in [-0.25, -0.2) is 4.90 Å². The number of nitro benzene ring substituents is 1. The molecule has 0 saturated carbocycles. The van der Waals surface area contributed by atoms with E-state index in [1.54, 1.807) is 0 Å². The van der Waals surface area contributed by atoms with E-state index in [0.29, 0.717) is 5.69 Å². The molecule has 0 N–H and O–H groups in total. The molecular formula is C14H10N2O5. The van der Waals surface area contributed by atoms with Crippen LogP contribution < -0.4 is 4.90 Å². The van der Waals surface area contributed by atoms with Gasteiger partial charge in [-0.1, -0.05) is 12.2 Å². The van der Waals surface area contributed by atoms with Crippen molar-refractivity contribution in [2.75, 3.05) is 4.90 Å². The molecule has 4 atom stereocenters. The lowest BCUT2D eigenvalue weighted by Gasteiger charge is -2.17. The van der Waals surface area contributed by atoms with Crippen LogP contribution in [0.4, 0.5) is 11.4 Å². The normalized spacial score (nSPS) is 32.9. The highest BCUT2D eigenvalue weighted by Crippen LogP contribution is 2.46. The van der Waals surface area contributed by atoms with Gasteiger partial charge in [0.15, 0.2) is 0 Å². The third-order valence-corrected chi connectivity index (χ3v) is 4.23. The summed E-state index contributed by atoms with van der Waals surface area (Å²) in [5.74, 6) is -1.53. The summed E-state index contributed by atoms with van der Waals surface area (Å²) < 4.78 is 5.55. The maximum Gasteiger partial charge on any atom is 0.269 e. The zero-order chi connectivity index (χ0) is 14.7. The lowest BCUT2D eigenvalue weighted by Crippen LogP contribution is -2.34. The Hall–Kier alpha value is -2.54. The molecule has 0 aromatic heterocycles. The Morgan fingerprint density at radius 1 is 1.00 bits per heavy atom. The molecule has 0 aliphatic carbocycles. The van der Waals surface area contributed by atoms with Gasteiger partial charge in [-0.2, -0.15) is 0 Å². The molecule has 7 nitrogen and oxygen atoms in total. The number of nitro groups is 1. The van der Waals surface area contributed by atoms with E-state index < -0.39 is 16.8 Å². The van der Waals surface area contributed by atoms with Gasteiger partial charge in [0, 0.05) is 12.1 Å². The molecule has 0 spiro atoms. The quantitative estimate of drug-likeness (QED) is 0.350. The average Bonchev–Trinajstić information content (AvgIpc) is 3.13. The smallest absolute Gasteiger partial charge is 0.269 e. The highest BCUT2D eigenvalue weighted by Gasteiger charge is 2.60. The fourth-order valence-electron chi connectivity index (χ4n) is 3.28. The molecule has 2 fully saturated rings. The number of non-ortho nitro benzene ring substituents is 1. The number of rotatable bonds is 2. The Kier molecular flexibility index (Phi) is 2.32. The Morgan fingerprint density at radius 2 is 1.52 bits per heavy atom. The molecule has 0 radical (unpaired) electrons.